The second kappa shape index (κ2) is 7.01. The van der Waals surface area contributed by atoms with Crippen molar-refractivity contribution in [2.45, 2.75) is 13.0 Å². The molecule has 3 aromatic heterocycles. The van der Waals surface area contributed by atoms with E-state index in [4.69, 9.17) is 0 Å². The van der Waals surface area contributed by atoms with Crippen molar-refractivity contribution in [1.29, 1.82) is 0 Å². The van der Waals surface area contributed by atoms with Gasteiger partial charge in [0.05, 0.1) is 17.8 Å². The van der Waals surface area contributed by atoms with Crippen molar-refractivity contribution < 1.29 is 9.59 Å². The highest BCUT2D eigenvalue weighted by atomic mass is 32.1. The maximum atomic E-state index is 12.6. The van der Waals surface area contributed by atoms with Crippen LogP contribution in [0.25, 0.3) is 0 Å². The van der Waals surface area contributed by atoms with E-state index in [2.05, 4.69) is 20.3 Å². The molecule has 7 nitrogen and oxygen atoms in total. The molecule has 2 amide bonds. The summed E-state index contributed by atoms with van der Waals surface area (Å²) in [4.78, 5) is 40.1. The number of hydrogen-bond acceptors (Lipinski definition) is 6. The first-order chi connectivity index (χ1) is 12.7. The lowest BCUT2D eigenvalue weighted by atomic mass is 10.1. The number of amides is 2. The summed E-state index contributed by atoms with van der Waals surface area (Å²) in [6.07, 6.45) is 5.45. The molecule has 4 rings (SSSR count). The third-order valence-corrected chi connectivity index (χ3v) is 5.04. The first kappa shape index (κ1) is 16.3. The fourth-order valence-electron chi connectivity index (χ4n) is 2.75. The molecule has 3 aromatic rings. The van der Waals surface area contributed by atoms with Crippen LogP contribution >= 0.6 is 11.3 Å². The molecule has 0 radical (unpaired) electrons. The Labute approximate surface area is 153 Å². The Bertz CT molecular complexity index is 943. The van der Waals surface area contributed by atoms with Crippen LogP contribution in [-0.4, -0.2) is 38.2 Å². The standard InChI is InChI=1S/C18H15N5O2S/c24-16(14-5-1-2-8-20-14)22-18-21-13-6-9-23(11-15(13)26-18)17(25)12-4-3-7-19-10-12/h1-5,7-8,10H,6,9,11H2,(H,21,22,24). The highest BCUT2D eigenvalue weighted by molar-refractivity contribution is 7.15. The zero-order valence-corrected chi connectivity index (χ0v) is 14.6. The van der Waals surface area contributed by atoms with Crippen LogP contribution in [-0.2, 0) is 13.0 Å². The third-order valence-electron chi connectivity index (χ3n) is 4.04. The predicted molar refractivity (Wildman–Crippen MR) is 97.0 cm³/mol. The Kier molecular flexibility index (Phi) is 4.40. The second-order valence-electron chi connectivity index (χ2n) is 5.78. The highest BCUT2D eigenvalue weighted by Gasteiger charge is 2.25. The smallest absolute Gasteiger partial charge is 0.276 e. The van der Waals surface area contributed by atoms with Gasteiger partial charge in [0.1, 0.15) is 5.69 Å². The first-order valence-corrected chi connectivity index (χ1v) is 8.92. The first-order valence-electron chi connectivity index (χ1n) is 8.11. The summed E-state index contributed by atoms with van der Waals surface area (Å²) < 4.78 is 0. The van der Waals surface area contributed by atoms with Crippen molar-refractivity contribution in [1.82, 2.24) is 19.9 Å². The number of carbonyl (C=O) groups excluding carboxylic acids is 2. The minimum Gasteiger partial charge on any atom is -0.333 e. The van der Waals surface area contributed by atoms with Gasteiger partial charge in [-0.2, -0.15) is 0 Å². The second-order valence-corrected chi connectivity index (χ2v) is 6.86. The molecule has 4 heterocycles. The number of nitrogens with one attached hydrogen (secondary N) is 1. The summed E-state index contributed by atoms with van der Waals surface area (Å²) in [5, 5.41) is 3.31. The highest BCUT2D eigenvalue weighted by Crippen LogP contribution is 2.29. The minimum absolute atomic E-state index is 0.0452. The third kappa shape index (κ3) is 3.31. The van der Waals surface area contributed by atoms with E-state index in [1.54, 1.807) is 53.8 Å². The Hall–Kier alpha value is -3.13. The maximum absolute atomic E-state index is 12.6. The molecular weight excluding hydrogens is 350 g/mol. The quantitative estimate of drug-likeness (QED) is 0.770. The molecule has 0 aromatic carbocycles. The molecule has 0 unspecified atom stereocenters. The SMILES string of the molecule is O=C(Nc1nc2c(s1)CN(C(=O)c1cccnc1)CC2)c1ccccn1. The average molecular weight is 365 g/mol. The number of rotatable bonds is 3. The molecule has 0 atom stereocenters. The van der Waals surface area contributed by atoms with Gasteiger partial charge in [-0.3, -0.25) is 24.9 Å². The van der Waals surface area contributed by atoms with E-state index in [0.717, 1.165) is 10.6 Å². The number of nitrogens with zero attached hydrogens (tertiary/aromatic N) is 4. The van der Waals surface area contributed by atoms with Crippen LogP contribution in [0.3, 0.4) is 0 Å². The number of anilines is 1. The van der Waals surface area contributed by atoms with E-state index in [1.165, 1.54) is 11.3 Å². The molecule has 26 heavy (non-hydrogen) atoms. The van der Waals surface area contributed by atoms with Crippen LogP contribution in [0, 0.1) is 0 Å². The summed E-state index contributed by atoms with van der Waals surface area (Å²) in [5.74, 6) is -0.337. The van der Waals surface area contributed by atoms with Crippen LogP contribution in [0.4, 0.5) is 5.13 Å². The summed E-state index contributed by atoms with van der Waals surface area (Å²) in [7, 11) is 0. The van der Waals surface area contributed by atoms with Gasteiger partial charge >= 0.3 is 0 Å². The molecule has 0 saturated heterocycles. The van der Waals surface area contributed by atoms with Gasteiger partial charge in [-0.05, 0) is 24.3 Å². The summed E-state index contributed by atoms with van der Waals surface area (Å²) in [5.41, 5.74) is 1.85. The van der Waals surface area contributed by atoms with E-state index in [1.807, 2.05) is 0 Å². The van der Waals surface area contributed by atoms with Crippen LogP contribution in [0.1, 0.15) is 31.4 Å². The molecule has 8 heteroatoms. The van der Waals surface area contributed by atoms with Gasteiger partial charge in [-0.15, -0.1) is 0 Å². The van der Waals surface area contributed by atoms with Gasteiger partial charge in [0.15, 0.2) is 5.13 Å². The molecular formula is C18H15N5O2S. The van der Waals surface area contributed by atoms with Gasteiger partial charge in [-0.25, -0.2) is 4.98 Å². The summed E-state index contributed by atoms with van der Waals surface area (Å²) in [6.45, 7) is 1.08. The lowest BCUT2D eigenvalue weighted by Gasteiger charge is -2.25. The molecule has 0 fully saturated rings. The number of hydrogen-bond donors (Lipinski definition) is 1. The van der Waals surface area contributed by atoms with Crippen LogP contribution in [0.15, 0.2) is 48.9 Å². The molecule has 0 spiro atoms. The number of fused-ring (bicyclic) bond motifs is 1. The van der Waals surface area contributed by atoms with Crippen molar-refractivity contribution >= 4 is 28.3 Å². The predicted octanol–water partition coefficient (Wildman–Crippen LogP) is 2.38. The molecule has 1 aliphatic heterocycles. The average Bonchev–Trinajstić information content (AvgIpc) is 3.10. The molecule has 0 bridgehead atoms. The van der Waals surface area contributed by atoms with Gasteiger partial charge in [0, 0.05) is 36.4 Å². The van der Waals surface area contributed by atoms with Gasteiger partial charge in [0.2, 0.25) is 0 Å². The Morgan fingerprint density at radius 3 is 2.85 bits per heavy atom. The van der Waals surface area contributed by atoms with E-state index in [9.17, 15) is 9.59 Å². The maximum Gasteiger partial charge on any atom is 0.276 e. The number of carbonyl (C=O) groups is 2. The molecule has 0 aliphatic carbocycles. The van der Waals surface area contributed by atoms with E-state index < -0.39 is 0 Å². The normalized spacial score (nSPS) is 13.2. The van der Waals surface area contributed by atoms with Crippen molar-refractivity contribution in [3.63, 3.8) is 0 Å². The van der Waals surface area contributed by atoms with Crippen LogP contribution < -0.4 is 5.32 Å². The fourth-order valence-corrected chi connectivity index (χ4v) is 3.77. The Morgan fingerprint density at radius 2 is 2.08 bits per heavy atom. The van der Waals surface area contributed by atoms with Gasteiger partial charge < -0.3 is 4.90 Å². The van der Waals surface area contributed by atoms with Crippen LogP contribution in [0.5, 0.6) is 0 Å². The monoisotopic (exact) mass is 365 g/mol. The largest absolute Gasteiger partial charge is 0.333 e. The number of pyridine rings is 2. The van der Waals surface area contributed by atoms with Gasteiger partial charge in [0.25, 0.3) is 11.8 Å². The van der Waals surface area contributed by atoms with E-state index in [-0.39, 0.29) is 11.8 Å². The molecule has 130 valence electrons. The topological polar surface area (TPSA) is 88.1 Å². The zero-order valence-electron chi connectivity index (χ0n) is 13.8. The van der Waals surface area contributed by atoms with Gasteiger partial charge in [-0.1, -0.05) is 17.4 Å². The van der Waals surface area contributed by atoms with E-state index in [0.29, 0.717) is 35.9 Å². The van der Waals surface area contributed by atoms with Crippen molar-refractivity contribution in [3.8, 4) is 0 Å². The van der Waals surface area contributed by atoms with E-state index >= 15 is 0 Å². The van der Waals surface area contributed by atoms with Crippen LogP contribution in [0.2, 0.25) is 0 Å². The summed E-state index contributed by atoms with van der Waals surface area (Å²) >= 11 is 1.39. The lowest BCUT2D eigenvalue weighted by molar-refractivity contribution is 0.0735. The van der Waals surface area contributed by atoms with Crippen molar-refractivity contribution in [2.24, 2.45) is 0 Å². The molecule has 1 aliphatic rings. The number of aromatic nitrogens is 3. The molecule has 1 N–H and O–H groups in total. The Morgan fingerprint density at radius 1 is 1.15 bits per heavy atom. The van der Waals surface area contributed by atoms with Crippen molar-refractivity contribution in [2.75, 3.05) is 11.9 Å². The van der Waals surface area contributed by atoms with Crippen molar-refractivity contribution in [3.05, 3.63) is 70.8 Å². The zero-order chi connectivity index (χ0) is 17.9. The minimum atomic E-state index is -0.292. The lowest BCUT2D eigenvalue weighted by Crippen LogP contribution is -2.35. The fraction of sp³-hybridized carbons (Fsp3) is 0.167. The molecule has 0 saturated carbocycles. The summed E-state index contributed by atoms with van der Waals surface area (Å²) in [6, 6.07) is 8.68. The number of thiazole rings is 1. The Balaban J connectivity index is 1.47.